The second kappa shape index (κ2) is 10.6. The van der Waals surface area contributed by atoms with Crippen LogP contribution in [0.5, 0.6) is 5.75 Å². The number of methoxy groups -OCH3 is 1. The van der Waals surface area contributed by atoms with Crippen molar-refractivity contribution in [2.75, 3.05) is 26.7 Å². The third kappa shape index (κ3) is 5.73. The second-order valence-electron chi connectivity index (χ2n) is 7.66. The molecule has 2 aromatic carbocycles. The number of rotatable bonds is 9. The van der Waals surface area contributed by atoms with Crippen molar-refractivity contribution in [1.82, 2.24) is 10.6 Å². The lowest BCUT2D eigenvalue weighted by molar-refractivity contribution is -0.918. The number of nitrogens with one attached hydrogen (secondary N) is 3. The fourth-order valence-corrected chi connectivity index (χ4v) is 4.16. The maximum Gasteiger partial charge on any atom is 0.312 e. The summed E-state index contributed by atoms with van der Waals surface area (Å²) in [6, 6.07) is 16.2. The monoisotopic (exact) mass is 411 g/mol. The molecule has 3 rings (SSSR count). The van der Waals surface area contributed by atoms with Crippen LogP contribution in [0.2, 0.25) is 0 Å². The number of primary amides is 1. The molecule has 0 radical (unpaired) electrons. The zero-order valence-electron chi connectivity index (χ0n) is 17.4. The number of nitrogens with two attached hydrogens (primary N) is 1. The van der Waals surface area contributed by atoms with Crippen molar-refractivity contribution in [2.45, 2.75) is 31.3 Å². The summed E-state index contributed by atoms with van der Waals surface area (Å²) in [6.07, 6.45) is 2.73. The number of para-hydroxylation sites is 1. The first kappa shape index (κ1) is 21.6. The number of urea groups is 1. The Morgan fingerprint density at radius 1 is 1.07 bits per heavy atom. The third-order valence-electron chi connectivity index (χ3n) is 5.65. The highest BCUT2D eigenvalue weighted by Gasteiger charge is 2.31. The first-order valence-corrected chi connectivity index (χ1v) is 10.4. The molecule has 0 saturated carbocycles. The molecule has 0 unspecified atom stereocenters. The Bertz CT molecular complexity index is 837. The lowest BCUT2D eigenvalue weighted by Crippen LogP contribution is -3.11. The number of hydrogen-bond acceptors (Lipinski definition) is 3. The van der Waals surface area contributed by atoms with E-state index in [1.54, 1.807) is 7.11 Å². The van der Waals surface area contributed by atoms with Gasteiger partial charge in [-0.25, -0.2) is 4.79 Å². The highest BCUT2D eigenvalue weighted by atomic mass is 16.5. The molecule has 1 aliphatic rings. The van der Waals surface area contributed by atoms with Crippen LogP contribution in [0.1, 0.15) is 30.0 Å². The minimum Gasteiger partial charge on any atom is -0.496 e. The molecule has 160 valence electrons. The Morgan fingerprint density at radius 2 is 1.73 bits per heavy atom. The van der Waals surface area contributed by atoms with Crippen molar-refractivity contribution in [2.24, 2.45) is 5.73 Å². The minimum absolute atomic E-state index is 0.0820. The van der Waals surface area contributed by atoms with Gasteiger partial charge >= 0.3 is 6.03 Å². The first-order chi connectivity index (χ1) is 14.6. The largest absolute Gasteiger partial charge is 0.496 e. The normalized spacial score (nSPS) is 15.9. The van der Waals surface area contributed by atoms with Crippen molar-refractivity contribution in [3.05, 3.63) is 65.7 Å². The summed E-state index contributed by atoms with van der Waals surface area (Å²) in [7, 11) is 1.67. The van der Waals surface area contributed by atoms with Gasteiger partial charge in [-0.3, -0.25) is 4.79 Å². The van der Waals surface area contributed by atoms with E-state index < -0.39 is 12.1 Å². The van der Waals surface area contributed by atoms with Gasteiger partial charge in [-0.1, -0.05) is 42.5 Å². The summed E-state index contributed by atoms with van der Waals surface area (Å²) in [5.41, 5.74) is 7.36. The van der Waals surface area contributed by atoms with E-state index in [2.05, 4.69) is 16.7 Å². The van der Waals surface area contributed by atoms with Crippen LogP contribution in [-0.2, 0) is 11.2 Å². The van der Waals surface area contributed by atoms with Crippen LogP contribution >= 0.6 is 0 Å². The van der Waals surface area contributed by atoms with E-state index in [-0.39, 0.29) is 11.9 Å². The van der Waals surface area contributed by atoms with E-state index in [0.717, 1.165) is 30.0 Å². The summed E-state index contributed by atoms with van der Waals surface area (Å²) in [4.78, 5) is 25.9. The molecular formula is C23H31N4O3+. The molecular weight excluding hydrogens is 380 g/mol. The van der Waals surface area contributed by atoms with E-state index in [1.807, 2.05) is 48.5 Å². The van der Waals surface area contributed by atoms with Crippen molar-refractivity contribution in [1.29, 1.82) is 0 Å². The van der Waals surface area contributed by atoms with Crippen LogP contribution in [0.3, 0.4) is 0 Å². The number of carbonyl (C=O) groups is 2. The Hall–Kier alpha value is -3.06. The number of amides is 3. The molecule has 30 heavy (non-hydrogen) atoms. The average Bonchev–Trinajstić information content (AvgIpc) is 3.28. The molecule has 2 atom stereocenters. The van der Waals surface area contributed by atoms with Crippen LogP contribution in [0.25, 0.3) is 0 Å². The summed E-state index contributed by atoms with van der Waals surface area (Å²) < 4.78 is 5.57. The standard InChI is InChI=1S/C23H30N4O3/c1-30-21-12-6-5-11-18(21)20(27-13-7-8-14-27)16-25-22(28)19(26-23(24)29)15-17-9-3-2-4-10-17/h2-6,9-12,19-20H,7-8,13-16H2,1H3,(H,25,28)(H3,24,26,29)/p+1/t19-,20-/m0/s1. The zero-order chi connectivity index (χ0) is 21.3. The Labute approximate surface area is 177 Å². The smallest absolute Gasteiger partial charge is 0.312 e. The molecule has 0 bridgehead atoms. The molecule has 2 aromatic rings. The molecule has 3 amide bonds. The lowest BCUT2D eigenvalue weighted by Gasteiger charge is -2.27. The van der Waals surface area contributed by atoms with Gasteiger partial charge in [0.2, 0.25) is 5.91 Å². The van der Waals surface area contributed by atoms with Gasteiger partial charge in [0.1, 0.15) is 17.8 Å². The fraction of sp³-hybridized carbons (Fsp3) is 0.391. The number of carbonyl (C=O) groups excluding carboxylic acids is 2. The molecule has 1 aliphatic heterocycles. The van der Waals surface area contributed by atoms with E-state index in [0.29, 0.717) is 13.0 Å². The van der Waals surface area contributed by atoms with Gasteiger partial charge in [0.05, 0.1) is 32.3 Å². The van der Waals surface area contributed by atoms with Gasteiger partial charge in [-0.15, -0.1) is 0 Å². The van der Waals surface area contributed by atoms with Gasteiger partial charge in [-0.05, 0) is 17.7 Å². The van der Waals surface area contributed by atoms with Crippen molar-refractivity contribution >= 4 is 11.9 Å². The third-order valence-corrected chi connectivity index (χ3v) is 5.65. The van der Waals surface area contributed by atoms with Gasteiger partial charge < -0.3 is 26.0 Å². The molecule has 0 aliphatic carbocycles. The molecule has 1 heterocycles. The number of likely N-dealkylation sites (tertiary alicyclic amines) is 1. The molecule has 1 saturated heterocycles. The molecule has 7 nitrogen and oxygen atoms in total. The predicted octanol–water partition coefficient (Wildman–Crippen LogP) is 0.811. The molecule has 0 spiro atoms. The number of benzene rings is 2. The van der Waals surface area contributed by atoms with Crippen LogP contribution in [-0.4, -0.2) is 44.7 Å². The van der Waals surface area contributed by atoms with E-state index in [9.17, 15) is 9.59 Å². The summed E-state index contributed by atoms with van der Waals surface area (Å²) >= 11 is 0. The van der Waals surface area contributed by atoms with Crippen LogP contribution in [0, 0.1) is 0 Å². The first-order valence-electron chi connectivity index (χ1n) is 10.4. The van der Waals surface area contributed by atoms with Crippen LogP contribution in [0.4, 0.5) is 4.79 Å². The zero-order valence-corrected chi connectivity index (χ0v) is 17.4. The summed E-state index contributed by atoms with van der Waals surface area (Å²) in [5.74, 6) is 0.586. The predicted molar refractivity (Wildman–Crippen MR) is 115 cm³/mol. The highest BCUT2D eigenvalue weighted by molar-refractivity contribution is 5.86. The number of hydrogen-bond donors (Lipinski definition) is 4. The van der Waals surface area contributed by atoms with Gasteiger partial charge in [0.25, 0.3) is 0 Å². The summed E-state index contributed by atoms with van der Waals surface area (Å²) in [5, 5.41) is 5.63. The van der Waals surface area contributed by atoms with Crippen molar-refractivity contribution < 1.29 is 19.2 Å². The second-order valence-corrected chi connectivity index (χ2v) is 7.66. The molecule has 1 fully saturated rings. The maximum absolute atomic E-state index is 13.0. The molecule has 7 heteroatoms. The molecule has 0 aromatic heterocycles. The van der Waals surface area contributed by atoms with E-state index in [4.69, 9.17) is 10.5 Å². The van der Waals surface area contributed by atoms with Crippen LogP contribution in [0.15, 0.2) is 54.6 Å². The SMILES string of the molecule is COc1ccccc1[C@H](CNC(=O)[C@H](Cc1ccccc1)NC(N)=O)[NH+]1CCCC1. The number of ether oxygens (including phenoxy) is 1. The average molecular weight is 412 g/mol. The fourth-order valence-electron chi connectivity index (χ4n) is 4.16. The quantitative estimate of drug-likeness (QED) is 0.492. The lowest BCUT2D eigenvalue weighted by atomic mass is 10.0. The van der Waals surface area contributed by atoms with Gasteiger partial charge in [-0.2, -0.15) is 0 Å². The summed E-state index contributed by atoms with van der Waals surface area (Å²) in [6.45, 7) is 2.58. The van der Waals surface area contributed by atoms with Gasteiger partial charge in [0, 0.05) is 19.3 Å². The van der Waals surface area contributed by atoms with Crippen molar-refractivity contribution in [3.8, 4) is 5.75 Å². The number of quaternary nitrogens is 1. The Balaban J connectivity index is 1.73. The highest BCUT2D eigenvalue weighted by Crippen LogP contribution is 2.23. The molecule has 5 N–H and O–H groups in total. The Kier molecular flexibility index (Phi) is 7.68. The minimum atomic E-state index is -0.725. The van der Waals surface area contributed by atoms with E-state index >= 15 is 0 Å². The maximum atomic E-state index is 13.0. The van der Waals surface area contributed by atoms with Crippen molar-refractivity contribution in [3.63, 3.8) is 0 Å². The topological polar surface area (TPSA) is 97.9 Å². The van der Waals surface area contributed by atoms with Gasteiger partial charge in [0.15, 0.2) is 0 Å². The van der Waals surface area contributed by atoms with Crippen LogP contribution < -0.4 is 26.0 Å². The van der Waals surface area contributed by atoms with E-state index in [1.165, 1.54) is 17.7 Å². The Morgan fingerprint density at radius 3 is 2.40 bits per heavy atom.